The maximum Gasteiger partial charge on any atom is 0.405 e. The van der Waals surface area contributed by atoms with Crippen molar-refractivity contribution < 1.29 is 23.1 Å². The van der Waals surface area contributed by atoms with Crippen LogP contribution in [0, 0.1) is 18.6 Å². The summed E-state index contributed by atoms with van der Waals surface area (Å²) in [6, 6.07) is 4.80. The SMILES string of the molecule is Cc1ccc2c(=O)oc([C@H](Cc3cc(F)cc(F)c3)NC(=O)O)nc2n1. The second-order valence-corrected chi connectivity index (χ2v) is 5.65. The number of halogens is 2. The smallest absolute Gasteiger partial charge is 0.405 e. The fourth-order valence-electron chi connectivity index (χ4n) is 2.53. The Labute approximate surface area is 145 Å². The predicted molar refractivity (Wildman–Crippen MR) is 86.8 cm³/mol. The van der Waals surface area contributed by atoms with Crippen molar-refractivity contribution in [3.05, 3.63) is 69.5 Å². The van der Waals surface area contributed by atoms with E-state index in [1.54, 1.807) is 13.0 Å². The Morgan fingerprint density at radius 2 is 1.92 bits per heavy atom. The van der Waals surface area contributed by atoms with Crippen LogP contribution in [0.4, 0.5) is 13.6 Å². The minimum absolute atomic E-state index is 0.0962. The lowest BCUT2D eigenvalue weighted by atomic mass is 10.1. The van der Waals surface area contributed by atoms with Gasteiger partial charge >= 0.3 is 11.7 Å². The number of hydrogen-bond acceptors (Lipinski definition) is 5. The van der Waals surface area contributed by atoms with Gasteiger partial charge in [-0.2, -0.15) is 4.98 Å². The number of hydrogen-bond donors (Lipinski definition) is 2. The first-order valence-electron chi connectivity index (χ1n) is 7.54. The van der Waals surface area contributed by atoms with Crippen molar-refractivity contribution in [2.45, 2.75) is 19.4 Å². The summed E-state index contributed by atoms with van der Waals surface area (Å²) in [6.07, 6.45) is -1.58. The minimum atomic E-state index is -1.41. The van der Waals surface area contributed by atoms with Crippen molar-refractivity contribution in [2.24, 2.45) is 0 Å². The molecule has 9 heteroatoms. The molecule has 3 rings (SSSR count). The highest BCUT2D eigenvalue weighted by Crippen LogP contribution is 2.19. The van der Waals surface area contributed by atoms with E-state index in [1.807, 2.05) is 0 Å². The van der Waals surface area contributed by atoms with Gasteiger partial charge in [-0.25, -0.2) is 23.4 Å². The van der Waals surface area contributed by atoms with Crippen LogP contribution in [-0.4, -0.2) is 21.2 Å². The average molecular weight is 361 g/mol. The molecule has 0 aliphatic heterocycles. The van der Waals surface area contributed by atoms with E-state index in [0.717, 1.165) is 12.1 Å². The number of carboxylic acid groups (broad SMARTS) is 1. The average Bonchev–Trinajstić information content (AvgIpc) is 2.52. The number of pyridine rings is 1. The molecule has 0 saturated carbocycles. The maximum atomic E-state index is 13.4. The number of aromatic nitrogens is 2. The molecule has 3 aromatic rings. The summed E-state index contributed by atoms with van der Waals surface area (Å²) in [5.74, 6) is -1.86. The molecular weight excluding hydrogens is 348 g/mol. The molecule has 2 N–H and O–H groups in total. The van der Waals surface area contributed by atoms with E-state index in [-0.39, 0.29) is 28.9 Å². The number of fused-ring (bicyclic) bond motifs is 1. The standard InChI is InChI=1S/C17H13F2N3O4/c1-8-2-3-12-14(20-8)22-15(26-16(12)23)13(21-17(24)25)6-9-4-10(18)7-11(19)5-9/h2-5,7,13,21H,6H2,1H3,(H,24,25)/t13-/m0/s1. The number of carbonyl (C=O) groups is 1. The third-order valence-electron chi connectivity index (χ3n) is 3.61. The van der Waals surface area contributed by atoms with Gasteiger partial charge in [-0.05, 0) is 36.8 Å². The van der Waals surface area contributed by atoms with Crippen molar-refractivity contribution >= 4 is 17.1 Å². The fraction of sp³-hybridized carbons (Fsp3) is 0.176. The molecule has 0 unspecified atom stereocenters. The summed E-state index contributed by atoms with van der Waals surface area (Å²) in [6.45, 7) is 1.71. The molecule has 7 nitrogen and oxygen atoms in total. The van der Waals surface area contributed by atoms with Gasteiger partial charge in [0.05, 0.1) is 0 Å². The molecule has 1 atom stereocenters. The van der Waals surface area contributed by atoms with Crippen LogP contribution in [0.5, 0.6) is 0 Å². The maximum absolute atomic E-state index is 13.4. The minimum Gasteiger partial charge on any atom is -0.465 e. The van der Waals surface area contributed by atoms with Gasteiger partial charge in [0.15, 0.2) is 5.65 Å². The van der Waals surface area contributed by atoms with Crippen molar-refractivity contribution in [1.82, 2.24) is 15.3 Å². The van der Waals surface area contributed by atoms with Crippen LogP contribution in [0.3, 0.4) is 0 Å². The first-order valence-corrected chi connectivity index (χ1v) is 7.54. The number of amides is 1. The largest absolute Gasteiger partial charge is 0.465 e. The van der Waals surface area contributed by atoms with E-state index >= 15 is 0 Å². The Morgan fingerprint density at radius 1 is 1.23 bits per heavy atom. The van der Waals surface area contributed by atoms with E-state index < -0.39 is 29.4 Å². The second-order valence-electron chi connectivity index (χ2n) is 5.65. The molecule has 0 aliphatic carbocycles. The van der Waals surface area contributed by atoms with Crippen LogP contribution in [0.1, 0.15) is 23.2 Å². The highest BCUT2D eigenvalue weighted by Gasteiger charge is 2.22. The quantitative estimate of drug-likeness (QED) is 0.740. The first-order chi connectivity index (χ1) is 12.3. The van der Waals surface area contributed by atoms with Gasteiger partial charge in [0.25, 0.3) is 0 Å². The highest BCUT2D eigenvalue weighted by atomic mass is 19.1. The summed E-state index contributed by atoms with van der Waals surface area (Å²) in [5.41, 5.74) is 0.137. The first kappa shape index (κ1) is 17.5. The molecule has 0 aliphatic rings. The lowest BCUT2D eigenvalue weighted by Crippen LogP contribution is -2.30. The van der Waals surface area contributed by atoms with Gasteiger partial charge in [-0.15, -0.1) is 0 Å². The van der Waals surface area contributed by atoms with Crippen LogP contribution in [0.25, 0.3) is 11.0 Å². The summed E-state index contributed by atoms with van der Waals surface area (Å²) >= 11 is 0. The van der Waals surface area contributed by atoms with E-state index in [9.17, 15) is 18.4 Å². The molecule has 0 radical (unpaired) electrons. The van der Waals surface area contributed by atoms with Gasteiger partial charge in [0, 0.05) is 18.2 Å². The van der Waals surface area contributed by atoms with Crippen LogP contribution in [0.15, 0.2) is 39.5 Å². The Kier molecular flexibility index (Phi) is 4.61. The third-order valence-corrected chi connectivity index (χ3v) is 3.61. The third kappa shape index (κ3) is 3.82. The van der Waals surface area contributed by atoms with Gasteiger partial charge in [0.2, 0.25) is 5.89 Å². The monoisotopic (exact) mass is 361 g/mol. The molecule has 1 aromatic carbocycles. The van der Waals surface area contributed by atoms with Crippen LogP contribution in [-0.2, 0) is 6.42 Å². The molecule has 1 amide bonds. The lowest BCUT2D eigenvalue weighted by molar-refractivity contribution is 0.186. The zero-order valence-corrected chi connectivity index (χ0v) is 13.5. The summed E-state index contributed by atoms with van der Waals surface area (Å²) in [7, 11) is 0. The highest BCUT2D eigenvalue weighted by molar-refractivity contribution is 5.73. The van der Waals surface area contributed by atoms with Crippen molar-refractivity contribution in [3.8, 4) is 0 Å². The molecule has 134 valence electrons. The van der Waals surface area contributed by atoms with Gasteiger partial charge in [-0.3, -0.25) is 0 Å². The molecule has 2 heterocycles. The summed E-state index contributed by atoms with van der Waals surface area (Å²) in [4.78, 5) is 31.4. The number of rotatable bonds is 4. The van der Waals surface area contributed by atoms with Crippen LogP contribution in [0.2, 0.25) is 0 Å². The zero-order chi connectivity index (χ0) is 18.8. The van der Waals surface area contributed by atoms with Crippen molar-refractivity contribution in [3.63, 3.8) is 0 Å². The molecule has 0 bridgehead atoms. The number of aryl methyl sites for hydroxylation is 1. The van der Waals surface area contributed by atoms with Crippen LogP contribution >= 0.6 is 0 Å². The number of benzene rings is 1. The van der Waals surface area contributed by atoms with Crippen LogP contribution < -0.4 is 10.9 Å². The van der Waals surface area contributed by atoms with E-state index in [4.69, 9.17) is 9.52 Å². The van der Waals surface area contributed by atoms with Gasteiger partial charge < -0.3 is 14.8 Å². The van der Waals surface area contributed by atoms with E-state index in [1.165, 1.54) is 6.07 Å². The summed E-state index contributed by atoms with van der Waals surface area (Å²) in [5, 5.41) is 11.3. The number of nitrogens with zero attached hydrogens (tertiary/aromatic N) is 2. The normalized spacial score (nSPS) is 12.1. The molecule has 0 fully saturated rings. The molecule has 26 heavy (non-hydrogen) atoms. The van der Waals surface area contributed by atoms with Gasteiger partial charge in [-0.1, -0.05) is 0 Å². The molecule has 2 aromatic heterocycles. The van der Waals surface area contributed by atoms with Gasteiger partial charge in [0.1, 0.15) is 23.1 Å². The Bertz CT molecular complexity index is 1030. The molecular formula is C17H13F2N3O4. The zero-order valence-electron chi connectivity index (χ0n) is 13.5. The molecule has 0 spiro atoms. The van der Waals surface area contributed by atoms with Crippen molar-refractivity contribution in [2.75, 3.05) is 0 Å². The molecule has 0 saturated heterocycles. The fourth-order valence-corrected chi connectivity index (χ4v) is 2.53. The predicted octanol–water partition coefficient (Wildman–Crippen LogP) is 2.72. The second kappa shape index (κ2) is 6.87. The Balaban J connectivity index is 2.06. The Morgan fingerprint density at radius 3 is 2.58 bits per heavy atom. The van der Waals surface area contributed by atoms with E-state index in [2.05, 4.69) is 15.3 Å². The Hall–Kier alpha value is -3.36. The van der Waals surface area contributed by atoms with E-state index in [0.29, 0.717) is 11.8 Å². The van der Waals surface area contributed by atoms with Crippen molar-refractivity contribution in [1.29, 1.82) is 0 Å². The lowest BCUT2D eigenvalue weighted by Gasteiger charge is -2.15. The number of nitrogens with one attached hydrogen (secondary N) is 1. The topological polar surface area (TPSA) is 105 Å². The summed E-state index contributed by atoms with van der Waals surface area (Å²) < 4.78 is 31.9.